The summed E-state index contributed by atoms with van der Waals surface area (Å²) in [5, 5.41) is 16.0. The van der Waals surface area contributed by atoms with Crippen LogP contribution < -0.4 is 5.32 Å². The average Bonchev–Trinajstić information content (AvgIpc) is 3.33. The first-order valence-corrected chi connectivity index (χ1v) is 11.5. The van der Waals surface area contributed by atoms with E-state index in [1.165, 1.54) is 9.58 Å². The molecule has 2 amide bonds. The molecule has 2 N–H and O–H groups in total. The van der Waals surface area contributed by atoms with E-state index in [2.05, 4.69) is 22.5 Å². The molecule has 0 radical (unpaired) electrons. The molecule has 1 heterocycles. The van der Waals surface area contributed by atoms with Gasteiger partial charge in [0.2, 0.25) is 0 Å². The van der Waals surface area contributed by atoms with Crippen molar-refractivity contribution >= 4 is 23.7 Å². The predicted octanol–water partition coefficient (Wildman–Crippen LogP) is 3.72. The Balaban J connectivity index is 1.25. The van der Waals surface area contributed by atoms with Crippen LogP contribution in [0, 0.1) is 5.92 Å². The molecule has 2 aromatic carbocycles. The van der Waals surface area contributed by atoms with E-state index in [9.17, 15) is 14.4 Å². The fourth-order valence-corrected chi connectivity index (χ4v) is 4.92. The molecule has 180 valence electrons. The lowest BCUT2D eigenvalue weighted by Crippen LogP contribution is -2.48. The van der Waals surface area contributed by atoms with Gasteiger partial charge in [-0.25, -0.2) is 4.79 Å². The number of carbonyl (C=O) groups is 3. The first kappa shape index (κ1) is 22.6. The fourth-order valence-electron chi connectivity index (χ4n) is 4.92. The lowest BCUT2D eigenvalue weighted by Gasteiger charge is -2.38. The summed E-state index contributed by atoms with van der Waals surface area (Å²) < 4.78 is 7.04. The minimum Gasteiger partial charge on any atom is -0.481 e. The Bertz CT molecular complexity index is 1270. The van der Waals surface area contributed by atoms with Gasteiger partial charge in [0.05, 0.1) is 11.6 Å². The summed E-state index contributed by atoms with van der Waals surface area (Å²) in [5.74, 6) is -1.74. The summed E-state index contributed by atoms with van der Waals surface area (Å²) >= 11 is 0. The number of amides is 2. The third-order valence-corrected chi connectivity index (χ3v) is 6.94. The monoisotopic (exact) mass is 474 g/mol. The quantitative estimate of drug-likeness (QED) is 0.563. The van der Waals surface area contributed by atoms with Gasteiger partial charge in [-0.15, -0.1) is 0 Å². The average molecular weight is 475 g/mol. The van der Waals surface area contributed by atoms with Gasteiger partial charge in [0, 0.05) is 32.3 Å². The molecule has 0 bridgehead atoms. The highest BCUT2D eigenvalue weighted by atomic mass is 16.5. The minimum atomic E-state index is -0.849. The number of carboxylic acid groups (broad SMARTS) is 1. The van der Waals surface area contributed by atoms with Crippen molar-refractivity contribution < 1.29 is 24.2 Å². The zero-order valence-corrected chi connectivity index (χ0v) is 19.5. The third kappa shape index (κ3) is 4.14. The lowest BCUT2D eigenvalue weighted by atomic mass is 9.79. The summed E-state index contributed by atoms with van der Waals surface area (Å²) in [6.07, 6.45) is 1.67. The highest BCUT2D eigenvalue weighted by Gasteiger charge is 2.39. The van der Waals surface area contributed by atoms with Gasteiger partial charge in [-0.1, -0.05) is 48.5 Å². The molecule has 1 saturated carbocycles. The SMILES string of the molecule is CN(C(=O)c1nn(C)cc1NC(=O)OCC1c2ccccc2-c2ccccc21)C1CC(C(=O)O)C1. The lowest BCUT2D eigenvalue weighted by molar-refractivity contribution is -0.146. The number of carbonyl (C=O) groups excluding carboxylic acids is 2. The van der Waals surface area contributed by atoms with Crippen molar-refractivity contribution in [2.24, 2.45) is 13.0 Å². The minimum absolute atomic E-state index is 0.0740. The van der Waals surface area contributed by atoms with Crippen LogP contribution in [0.5, 0.6) is 0 Å². The van der Waals surface area contributed by atoms with E-state index in [1.807, 2.05) is 36.4 Å². The van der Waals surface area contributed by atoms with Crippen molar-refractivity contribution in [1.29, 1.82) is 0 Å². The van der Waals surface area contributed by atoms with Crippen LogP contribution >= 0.6 is 0 Å². The summed E-state index contributed by atoms with van der Waals surface area (Å²) in [6, 6.07) is 16.0. The van der Waals surface area contributed by atoms with Gasteiger partial charge in [-0.2, -0.15) is 5.10 Å². The molecule has 9 nitrogen and oxygen atoms in total. The van der Waals surface area contributed by atoms with Crippen LogP contribution in [0.3, 0.4) is 0 Å². The predicted molar refractivity (Wildman–Crippen MR) is 128 cm³/mol. The molecule has 0 saturated heterocycles. The van der Waals surface area contributed by atoms with Gasteiger partial charge >= 0.3 is 12.1 Å². The number of fused-ring (bicyclic) bond motifs is 3. The first-order valence-electron chi connectivity index (χ1n) is 11.5. The summed E-state index contributed by atoms with van der Waals surface area (Å²) in [6.45, 7) is 0.155. The molecule has 35 heavy (non-hydrogen) atoms. The zero-order valence-electron chi connectivity index (χ0n) is 19.5. The Morgan fingerprint density at radius 1 is 1.09 bits per heavy atom. The molecular formula is C26H26N4O5. The van der Waals surface area contributed by atoms with E-state index in [0.29, 0.717) is 12.8 Å². The number of nitrogens with zero attached hydrogens (tertiary/aromatic N) is 3. The fraction of sp³-hybridized carbons (Fsp3) is 0.308. The number of hydrogen-bond acceptors (Lipinski definition) is 5. The highest BCUT2D eigenvalue weighted by Crippen LogP contribution is 2.44. The molecule has 2 aliphatic carbocycles. The zero-order chi connectivity index (χ0) is 24.7. The summed E-state index contributed by atoms with van der Waals surface area (Å²) in [7, 11) is 3.28. The molecule has 0 unspecified atom stereocenters. The number of rotatable bonds is 6. The number of anilines is 1. The second kappa shape index (κ2) is 8.90. The Labute approximate surface area is 202 Å². The van der Waals surface area contributed by atoms with Crippen LogP contribution in [-0.2, 0) is 16.6 Å². The number of nitrogens with one attached hydrogen (secondary N) is 1. The van der Waals surface area contributed by atoms with E-state index in [0.717, 1.165) is 22.3 Å². The topological polar surface area (TPSA) is 114 Å². The van der Waals surface area contributed by atoms with Crippen LogP contribution in [-0.4, -0.2) is 57.5 Å². The Morgan fingerprint density at radius 3 is 2.29 bits per heavy atom. The number of aliphatic carboxylic acids is 1. The Hall–Kier alpha value is -4.14. The molecule has 2 aliphatic rings. The van der Waals surface area contributed by atoms with Crippen molar-refractivity contribution in [2.75, 3.05) is 19.0 Å². The third-order valence-electron chi connectivity index (χ3n) is 6.94. The van der Waals surface area contributed by atoms with E-state index < -0.39 is 18.0 Å². The maximum absolute atomic E-state index is 13.0. The van der Waals surface area contributed by atoms with E-state index in [4.69, 9.17) is 9.84 Å². The van der Waals surface area contributed by atoms with E-state index in [1.54, 1.807) is 20.3 Å². The Kier molecular flexibility index (Phi) is 5.76. The van der Waals surface area contributed by atoms with Crippen molar-refractivity contribution in [2.45, 2.75) is 24.8 Å². The van der Waals surface area contributed by atoms with Gasteiger partial charge in [0.25, 0.3) is 5.91 Å². The van der Waals surface area contributed by atoms with Gasteiger partial charge in [-0.05, 0) is 35.1 Å². The van der Waals surface area contributed by atoms with Gasteiger partial charge in [-0.3, -0.25) is 19.6 Å². The van der Waals surface area contributed by atoms with Crippen LogP contribution in [0.2, 0.25) is 0 Å². The normalized spacial score (nSPS) is 18.2. The van der Waals surface area contributed by atoms with E-state index >= 15 is 0 Å². The van der Waals surface area contributed by atoms with Gasteiger partial charge in [0.15, 0.2) is 5.69 Å². The second-order valence-corrected chi connectivity index (χ2v) is 9.09. The first-order chi connectivity index (χ1) is 16.8. The largest absolute Gasteiger partial charge is 0.481 e. The van der Waals surface area contributed by atoms with Crippen LogP contribution in [0.4, 0.5) is 10.5 Å². The molecule has 3 aromatic rings. The number of aromatic nitrogens is 2. The second-order valence-electron chi connectivity index (χ2n) is 9.09. The Morgan fingerprint density at radius 2 is 1.69 bits per heavy atom. The number of hydrogen-bond donors (Lipinski definition) is 2. The number of aryl methyl sites for hydroxylation is 1. The standard InChI is InChI=1S/C26H26N4O5/c1-29-13-22(23(28-29)24(31)30(2)16-11-15(12-16)25(32)33)27-26(34)35-14-21-19-9-5-3-7-17(19)18-8-4-6-10-20(18)21/h3-10,13,15-16,21H,11-12,14H2,1-2H3,(H,27,34)(H,32,33). The van der Waals surface area contributed by atoms with Crippen molar-refractivity contribution in [3.8, 4) is 11.1 Å². The summed E-state index contributed by atoms with van der Waals surface area (Å²) in [4.78, 5) is 38.3. The molecular weight excluding hydrogens is 448 g/mol. The van der Waals surface area contributed by atoms with Crippen molar-refractivity contribution in [3.05, 3.63) is 71.5 Å². The number of ether oxygens (including phenoxy) is 1. The van der Waals surface area contributed by atoms with Crippen molar-refractivity contribution in [3.63, 3.8) is 0 Å². The van der Waals surface area contributed by atoms with Gasteiger partial charge < -0.3 is 14.7 Å². The van der Waals surface area contributed by atoms with Crippen LogP contribution in [0.15, 0.2) is 54.7 Å². The number of carboxylic acids is 1. The molecule has 0 aliphatic heterocycles. The smallest absolute Gasteiger partial charge is 0.411 e. The van der Waals surface area contributed by atoms with E-state index in [-0.39, 0.29) is 35.9 Å². The molecule has 0 spiro atoms. The molecule has 1 fully saturated rings. The van der Waals surface area contributed by atoms with Crippen molar-refractivity contribution in [1.82, 2.24) is 14.7 Å². The summed E-state index contributed by atoms with van der Waals surface area (Å²) in [5.41, 5.74) is 4.84. The van der Waals surface area contributed by atoms with Gasteiger partial charge in [0.1, 0.15) is 6.61 Å². The van der Waals surface area contributed by atoms with Crippen LogP contribution in [0.25, 0.3) is 11.1 Å². The molecule has 1 aromatic heterocycles. The van der Waals surface area contributed by atoms with Crippen LogP contribution in [0.1, 0.15) is 40.4 Å². The number of benzene rings is 2. The molecule has 0 atom stereocenters. The highest BCUT2D eigenvalue weighted by molar-refractivity contribution is 6.01. The maximum atomic E-state index is 13.0. The molecule has 5 rings (SSSR count). The molecule has 9 heteroatoms. The maximum Gasteiger partial charge on any atom is 0.411 e.